The van der Waals surface area contributed by atoms with Gasteiger partial charge in [0.25, 0.3) is 0 Å². The molecule has 1 saturated heterocycles. The number of carboxylic acids is 1. The minimum absolute atomic E-state index is 0.156. The SMILES string of the molecule is Cc1ccc(NC(=O)N(C)C2CCOCC2)cc1C(=O)O. The highest BCUT2D eigenvalue weighted by atomic mass is 16.5. The second-order valence-electron chi connectivity index (χ2n) is 5.22. The fourth-order valence-electron chi connectivity index (χ4n) is 2.38. The van der Waals surface area contributed by atoms with Crippen LogP contribution in [0.2, 0.25) is 0 Å². The van der Waals surface area contributed by atoms with Gasteiger partial charge in [-0.1, -0.05) is 6.07 Å². The van der Waals surface area contributed by atoms with Crippen molar-refractivity contribution in [1.29, 1.82) is 0 Å². The molecule has 0 unspecified atom stereocenters. The topological polar surface area (TPSA) is 78.9 Å². The minimum Gasteiger partial charge on any atom is -0.478 e. The summed E-state index contributed by atoms with van der Waals surface area (Å²) in [6.07, 6.45) is 1.64. The molecule has 1 fully saturated rings. The van der Waals surface area contributed by atoms with Crippen LogP contribution in [0.4, 0.5) is 10.5 Å². The number of hydrogen-bond acceptors (Lipinski definition) is 3. The Hall–Kier alpha value is -2.08. The first-order valence-electron chi connectivity index (χ1n) is 6.94. The smallest absolute Gasteiger partial charge is 0.336 e. The molecule has 0 aromatic heterocycles. The van der Waals surface area contributed by atoms with Gasteiger partial charge in [0, 0.05) is 32.0 Å². The fraction of sp³-hybridized carbons (Fsp3) is 0.467. The standard InChI is InChI=1S/C15H20N2O4/c1-10-3-4-11(9-13(10)14(18)19)16-15(20)17(2)12-5-7-21-8-6-12/h3-4,9,12H,5-8H2,1-2H3,(H,16,20)(H,18,19). The van der Waals surface area contributed by atoms with E-state index in [1.807, 2.05) is 0 Å². The van der Waals surface area contributed by atoms with E-state index in [0.29, 0.717) is 24.5 Å². The van der Waals surface area contributed by atoms with Crippen LogP contribution in [0.5, 0.6) is 0 Å². The van der Waals surface area contributed by atoms with E-state index in [2.05, 4.69) is 5.32 Å². The van der Waals surface area contributed by atoms with E-state index in [4.69, 9.17) is 9.84 Å². The third-order valence-electron chi connectivity index (χ3n) is 3.78. The number of ether oxygens (including phenoxy) is 1. The van der Waals surface area contributed by atoms with E-state index < -0.39 is 5.97 Å². The average Bonchev–Trinajstić information content (AvgIpc) is 2.49. The van der Waals surface area contributed by atoms with Gasteiger partial charge in [0.2, 0.25) is 0 Å². The third-order valence-corrected chi connectivity index (χ3v) is 3.78. The van der Waals surface area contributed by atoms with Gasteiger partial charge in [-0.25, -0.2) is 9.59 Å². The van der Waals surface area contributed by atoms with Crippen molar-refractivity contribution in [3.8, 4) is 0 Å². The third kappa shape index (κ3) is 3.72. The molecule has 0 spiro atoms. The molecule has 1 aromatic carbocycles. The van der Waals surface area contributed by atoms with Crippen LogP contribution in [-0.4, -0.2) is 48.3 Å². The zero-order valence-electron chi connectivity index (χ0n) is 12.3. The zero-order valence-corrected chi connectivity index (χ0v) is 12.3. The van der Waals surface area contributed by atoms with Crippen molar-refractivity contribution < 1.29 is 19.4 Å². The van der Waals surface area contributed by atoms with Crippen LogP contribution in [0.15, 0.2) is 18.2 Å². The quantitative estimate of drug-likeness (QED) is 0.896. The van der Waals surface area contributed by atoms with Crippen molar-refractivity contribution in [1.82, 2.24) is 4.90 Å². The van der Waals surface area contributed by atoms with Gasteiger partial charge in [0.05, 0.1) is 5.56 Å². The molecule has 1 heterocycles. The van der Waals surface area contributed by atoms with E-state index in [9.17, 15) is 9.59 Å². The Bertz CT molecular complexity index is 538. The molecular weight excluding hydrogens is 272 g/mol. The number of carboxylic acid groups (broad SMARTS) is 1. The summed E-state index contributed by atoms with van der Waals surface area (Å²) in [6.45, 7) is 3.05. The molecule has 1 aromatic rings. The van der Waals surface area contributed by atoms with E-state index >= 15 is 0 Å². The van der Waals surface area contributed by atoms with Crippen LogP contribution in [0.1, 0.15) is 28.8 Å². The molecule has 6 heteroatoms. The van der Waals surface area contributed by atoms with Crippen molar-refractivity contribution >= 4 is 17.7 Å². The molecule has 2 N–H and O–H groups in total. The van der Waals surface area contributed by atoms with Gasteiger partial charge in [0.1, 0.15) is 0 Å². The Balaban J connectivity index is 2.05. The molecule has 0 bridgehead atoms. The second kappa shape index (κ2) is 6.58. The molecule has 2 rings (SSSR count). The molecule has 114 valence electrons. The fourth-order valence-corrected chi connectivity index (χ4v) is 2.38. The molecule has 0 aliphatic carbocycles. The number of hydrogen-bond donors (Lipinski definition) is 2. The maximum Gasteiger partial charge on any atom is 0.336 e. The van der Waals surface area contributed by atoms with Gasteiger partial charge >= 0.3 is 12.0 Å². The predicted molar refractivity (Wildman–Crippen MR) is 78.8 cm³/mol. The lowest BCUT2D eigenvalue weighted by atomic mass is 10.1. The van der Waals surface area contributed by atoms with Gasteiger partial charge in [-0.15, -0.1) is 0 Å². The molecule has 21 heavy (non-hydrogen) atoms. The van der Waals surface area contributed by atoms with Gasteiger partial charge in [0.15, 0.2) is 0 Å². The molecular formula is C15H20N2O4. The number of carbonyl (C=O) groups excluding carboxylic acids is 1. The summed E-state index contributed by atoms with van der Waals surface area (Å²) >= 11 is 0. The van der Waals surface area contributed by atoms with Crippen LogP contribution in [-0.2, 0) is 4.74 Å². The summed E-state index contributed by atoms with van der Waals surface area (Å²) in [5, 5.41) is 11.8. The Morgan fingerprint density at radius 3 is 2.62 bits per heavy atom. The van der Waals surface area contributed by atoms with Crippen LogP contribution in [0.25, 0.3) is 0 Å². The van der Waals surface area contributed by atoms with Crippen molar-refractivity contribution in [3.63, 3.8) is 0 Å². The van der Waals surface area contributed by atoms with Crippen molar-refractivity contribution in [3.05, 3.63) is 29.3 Å². The predicted octanol–water partition coefficient (Wildman–Crippen LogP) is 2.34. The van der Waals surface area contributed by atoms with Gasteiger partial charge in [-0.3, -0.25) is 0 Å². The van der Waals surface area contributed by atoms with E-state index in [1.54, 1.807) is 31.0 Å². The molecule has 1 aliphatic rings. The summed E-state index contributed by atoms with van der Waals surface area (Å²) in [7, 11) is 1.75. The molecule has 0 radical (unpaired) electrons. The minimum atomic E-state index is -0.999. The first kappa shape index (κ1) is 15.3. The molecule has 2 amide bonds. The molecule has 0 saturated carbocycles. The highest BCUT2D eigenvalue weighted by Gasteiger charge is 2.22. The summed E-state index contributed by atoms with van der Waals surface area (Å²) in [5.74, 6) is -0.999. The number of carbonyl (C=O) groups is 2. The van der Waals surface area contributed by atoms with Crippen molar-refractivity contribution in [2.45, 2.75) is 25.8 Å². The first-order valence-corrected chi connectivity index (χ1v) is 6.94. The highest BCUT2D eigenvalue weighted by Crippen LogP contribution is 2.18. The summed E-state index contributed by atoms with van der Waals surface area (Å²) < 4.78 is 5.28. The number of amides is 2. The normalized spacial score (nSPS) is 15.5. The number of aromatic carboxylic acids is 1. The number of rotatable bonds is 3. The van der Waals surface area contributed by atoms with Gasteiger partial charge in [-0.2, -0.15) is 0 Å². The Kier molecular flexibility index (Phi) is 4.80. The lowest BCUT2D eigenvalue weighted by Gasteiger charge is -2.31. The number of nitrogens with one attached hydrogen (secondary N) is 1. The van der Waals surface area contributed by atoms with Crippen LogP contribution in [0, 0.1) is 6.92 Å². The number of anilines is 1. The van der Waals surface area contributed by atoms with Gasteiger partial charge < -0.3 is 20.1 Å². The summed E-state index contributed by atoms with van der Waals surface area (Å²) in [4.78, 5) is 25.0. The summed E-state index contributed by atoms with van der Waals surface area (Å²) in [5.41, 5.74) is 1.35. The lowest BCUT2D eigenvalue weighted by Crippen LogP contribution is -2.42. The highest BCUT2D eigenvalue weighted by molar-refractivity contribution is 5.94. The van der Waals surface area contributed by atoms with E-state index in [1.165, 1.54) is 6.07 Å². The summed E-state index contributed by atoms with van der Waals surface area (Å²) in [6, 6.07) is 4.79. The average molecular weight is 292 g/mol. The Labute approximate surface area is 123 Å². The number of nitrogens with zero attached hydrogens (tertiary/aromatic N) is 1. The van der Waals surface area contributed by atoms with Crippen molar-refractivity contribution in [2.75, 3.05) is 25.6 Å². The maximum atomic E-state index is 12.2. The van der Waals surface area contributed by atoms with E-state index in [0.717, 1.165) is 12.8 Å². The number of urea groups is 1. The second-order valence-corrected chi connectivity index (χ2v) is 5.22. The molecule has 0 atom stereocenters. The maximum absolute atomic E-state index is 12.2. The number of aryl methyl sites for hydroxylation is 1. The Morgan fingerprint density at radius 2 is 2.00 bits per heavy atom. The van der Waals surface area contributed by atoms with Crippen LogP contribution < -0.4 is 5.32 Å². The molecule has 1 aliphatic heterocycles. The molecule has 6 nitrogen and oxygen atoms in total. The lowest BCUT2D eigenvalue weighted by molar-refractivity contribution is 0.0544. The van der Waals surface area contributed by atoms with E-state index in [-0.39, 0.29) is 17.6 Å². The largest absolute Gasteiger partial charge is 0.478 e. The number of benzene rings is 1. The monoisotopic (exact) mass is 292 g/mol. The van der Waals surface area contributed by atoms with Crippen LogP contribution >= 0.6 is 0 Å². The van der Waals surface area contributed by atoms with Crippen molar-refractivity contribution in [2.24, 2.45) is 0 Å². The van der Waals surface area contributed by atoms with Gasteiger partial charge in [-0.05, 0) is 37.5 Å². The first-order chi connectivity index (χ1) is 9.99. The van der Waals surface area contributed by atoms with Crippen LogP contribution in [0.3, 0.4) is 0 Å². The Morgan fingerprint density at radius 1 is 1.33 bits per heavy atom. The zero-order chi connectivity index (χ0) is 15.4.